The van der Waals surface area contributed by atoms with E-state index in [9.17, 15) is 4.39 Å². The smallest absolute Gasteiger partial charge is 0.139 e. The molecule has 1 unspecified atom stereocenters. The Morgan fingerprint density at radius 2 is 2.06 bits per heavy atom. The highest BCUT2D eigenvalue weighted by Crippen LogP contribution is 2.38. The summed E-state index contributed by atoms with van der Waals surface area (Å²) in [6.07, 6.45) is 1.14. The second-order valence-corrected chi connectivity index (χ2v) is 6.98. The molecule has 0 aromatic heterocycles. The van der Waals surface area contributed by atoms with Crippen molar-refractivity contribution in [3.63, 3.8) is 0 Å². The highest BCUT2D eigenvalue weighted by molar-refractivity contribution is 9.10. The molecule has 2 nitrogen and oxygen atoms in total. The molecule has 0 aliphatic carbocycles. The molecule has 1 heterocycles. The minimum Gasteiger partial charge on any atom is -0.397 e. The summed E-state index contributed by atoms with van der Waals surface area (Å²) in [5.74, 6) is 0.377. The molecule has 1 atom stereocenters. The second-order valence-electron chi connectivity index (χ2n) is 6.12. The van der Waals surface area contributed by atoms with Gasteiger partial charge in [0.1, 0.15) is 5.82 Å². The molecule has 0 bridgehead atoms. The van der Waals surface area contributed by atoms with E-state index < -0.39 is 0 Å². The molecule has 2 N–H and O–H groups in total. The van der Waals surface area contributed by atoms with Gasteiger partial charge in [-0.15, -0.1) is 0 Å². The van der Waals surface area contributed by atoms with Gasteiger partial charge in [0.15, 0.2) is 0 Å². The van der Waals surface area contributed by atoms with Gasteiger partial charge in [0.25, 0.3) is 0 Å². The molecule has 0 saturated carbocycles. The van der Waals surface area contributed by atoms with Crippen LogP contribution < -0.4 is 10.6 Å². The molecule has 1 aromatic carbocycles. The van der Waals surface area contributed by atoms with E-state index in [0.717, 1.165) is 25.2 Å². The number of halogens is 2. The van der Waals surface area contributed by atoms with Gasteiger partial charge in [-0.25, -0.2) is 4.39 Å². The Kier molecular flexibility index (Phi) is 3.58. The van der Waals surface area contributed by atoms with Gasteiger partial charge in [-0.2, -0.15) is 0 Å². The van der Waals surface area contributed by atoms with Crippen LogP contribution >= 0.6 is 15.9 Å². The minimum absolute atomic E-state index is 0.251. The zero-order valence-electron chi connectivity index (χ0n) is 11.1. The van der Waals surface area contributed by atoms with E-state index in [1.54, 1.807) is 6.07 Å². The monoisotopic (exact) mass is 314 g/mol. The fraction of sp³-hybridized carbons (Fsp3) is 0.571. The Hall–Kier alpha value is -0.770. The highest BCUT2D eigenvalue weighted by Gasteiger charge is 2.32. The molecule has 1 aliphatic heterocycles. The maximum Gasteiger partial charge on any atom is 0.139 e. The molecule has 1 fully saturated rings. The molecule has 1 saturated heterocycles. The number of hydrogen-bond acceptors (Lipinski definition) is 2. The number of nitrogens with zero attached hydrogens (tertiary/aromatic N) is 1. The summed E-state index contributed by atoms with van der Waals surface area (Å²) in [5.41, 5.74) is 7.73. The third kappa shape index (κ3) is 2.63. The fourth-order valence-corrected chi connectivity index (χ4v) is 2.87. The molecule has 1 aliphatic rings. The normalized spacial score (nSPS) is 20.5. The topological polar surface area (TPSA) is 29.3 Å². The first-order valence-electron chi connectivity index (χ1n) is 6.28. The lowest BCUT2D eigenvalue weighted by Gasteiger charge is -2.28. The minimum atomic E-state index is -0.251. The first-order chi connectivity index (χ1) is 8.29. The zero-order chi connectivity index (χ0) is 13.5. The van der Waals surface area contributed by atoms with Gasteiger partial charge in [0.05, 0.1) is 15.8 Å². The summed E-state index contributed by atoms with van der Waals surface area (Å²) in [6.45, 7) is 8.67. The molecule has 0 spiro atoms. The fourth-order valence-electron chi connectivity index (χ4n) is 2.51. The van der Waals surface area contributed by atoms with Gasteiger partial charge in [0.2, 0.25) is 0 Å². The Bertz CT molecular complexity index is 454. The van der Waals surface area contributed by atoms with Crippen molar-refractivity contribution < 1.29 is 4.39 Å². The summed E-state index contributed by atoms with van der Waals surface area (Å²) in [6, 6.07) is 3.18. The number of rotatable bonds is 1. The van der Waals surface area contributed by atoms with E-state index in [4.69, 9.17) is 5.73 Å². The Morgan fingerprint density at radius 3 is 2.61 bits per heavy atom. The predicted octanol–water partition coefficient (Wildman–Crippen LogP) is 4.04. The first kappa shape index (κ1) is 13.7. The van der Waals surface area contributed by atoms with Crippen molar-refractivity contribution in [2.75, 3.05) is 23.7 Å². The quantitative estimate of drug-likeness (QED) is 0.793. The molecule has 4 heteroatoms. The molecular formula is C14H20BrFN2. The summed E-state index contributed by atoms with van der Waals surface area (Å²) < 4.78 is 14.0. The third-order valence-electron chi connectivity index (χ3n) is 3.82. The zero-order valence-corrected chi connectivity index (χ0v) is 12.7. The van der Waals surface area contributed by atoms with Crippen LogP contribution in [-0.2, 0) is 0 Å². The average Bonchev–Trinajstić information content (AvgIpc) is 2.72. The van der Waals surface area contributed by atoms with Gasteiger partial charge in [-0.1, -0.05) is 20.8 Å². The Balaban J connectivity index is 2.22. The lowest BCUT2D eigenvalue weighted by Crippen LogP contribution is -2.26. The third-order valence-corrected chi connectivity index (χ3v) is 4.43. The van der Waals surface area contributed by atoms with Crippen molar-refractivity contribution >= 4 is 27.3 Å². The van der Waals surface area contributed by atoms with Crippen molar-refractivity contribution in [2.45, 2.75) is 27.2 Å². The number of benzene rings is 1. The lowest BCUT2D eigenvalue weighted by molar-refractivity contribution is 0.263. The summed E-state index contributed by atoms with van der Waals surface area (Å²) in [4.78, 5) is 2.20. The molecule has 2 rings (SSSR count). The van der Waals surface area contributed by atoms with Crippen molar-refractivity contribution in [1.29, 1.82) is 0 Å². The van der Waals surface area contributed by atoms with E-state index in [1.165, 1.54) is 6.07 Å². The van der Waals surface area contributed by atoms with Crippen LogP contribution in [0.2, 0.25) is 0 Å². The average molecular weight is 315 g/mol. The van der Waals surface area contributed by atoms with Crippen LogP contribution in [0.15, 0.2) is 16.6 Å². The maximum atomic E-state index is 13.6. The van der Waals surface area contributed by atoms with Crippen molar-refractivity contribution in [1.82, 2.24) is 0 Å². The van der Waals surface area contributed by atoms with Crippen LogP contribution in [0.3, 0.4) is 0 Å². The number of anilines is 2. The molecule has 1 aromatic rings. The summed E-state index contributed by atoms with van der Waals surface area (Å²) >= 11 is 3.16. The van der Waals surface area contributed by atoms with Crippen LogP contribution in [-0.4, -0.2) is 13.1 Å². The van der Waals surface area contributed by atoms with Gasteiger partial charge >= 0.3 is 0 Å². The molecular weight excluding hydrogens is 295 g/mol. The van der Waals surface area contributed by atoms with Gasteiger partial charge in [-0.3, -0.25) is 0 Å². The lowest BCUT2D eigenvalue weighted by atomic mass is 9.80. The van der Waals surface area contributed by atoms with Crippen molar-refractivity contribution in [3.05, 3.63) is 22.4 Å². The molecule has 18 heavy (non-hydrogen) atoms. The van der Waals surface area contributed by atoms with E-state index in [2.05, 4.69) is 41.6 Å². The van der Waals surface area contributed by atoms with Crippen molar-refractivity contribution in [3.8, 4) is 0 Å². The number of hydrogen-bond donors (Lipinski definition) is 1. The van der Waals surface area contributed by atoms with E-state index in [0.29, 0.717) is 16.1 Å². The van der Waals surface area contributed by atoms with E-state index in [-0.39, 0.29) is 11.2 Å². The molecule has 0 amide bonds. The van der Waals surface area contributed by atoms with E-state index in [1.807, 2.05) is 0 Å². The van der Waals surface area contributed by atoms with Crippen LogP contribution in [0.5, 0.6) is 0 Å². The predicted molar refractivity (Wildman–Crippen MR) is 78.3 cm³/mol. The van der Waals surface area contributed by atoms with Crippen LogP contribution in [0.1, 0.15) is 27.2 Å². The highest BCUT2D eigenvalue weighted by atomic mass is 79.9. The van der Waals surface area contributed by atoms with Gasteiger partial charge in [-0.05, 0) is 39.8 Å². The molecule has 100 valence electrons. The summed E-state index contributed by atoms with van der Waals surface area (Å²) in [7, 11) is 0. The number of nitrogens with two attached hydrogens (primary N) is 1. The van der Waals surface area contributed by atoms with Crippen LogP contribution in [0, 0.1) is 17.2 Å². The van der Waals surface area contributed by atoms with Crippen molar-refractivity contribution in [2.24, 2.45) is 11.3 Å². The second kappa shape index (κ2) is 4.72. The van der Waals surface area contributed by atoms with Crippen LogP contribution in [0.25, 0.3) is 0 Å². The van der Waals surface area contributed by atoms with Gasteiger partial charge in [0, 0.05) is 19.2 Å². The SMILES string of the molecule is CC(C)(C)C1CCN(c2cc(F)c(Br)cc2N)C1. The standard InChI is InChI=1S/C14H20BrFN2/c1-14(2,3)9-4-5-18(8-9)13-7-11(16)10(15)6-12(13)17/h6-7,9H,4-5,8,17H2,1-3H3. The largest absolute Gasteiger partial charge is 0.397 e. The van der Waals surface area contributed by atoms with Crippen LogP contribution in [0.4, 0.5) is 15.8 Å². The first-order valence-corrected chi connectivity index (χ1v) is 7.08. The maximum absolute atomic E-state index is 13.6. The number of nitrogen functional groups attached to an aromatic ring is 1. The summed E-state index contributed by atoms with van der Waals surface area (Å²) in [5, 5.41) is 0. The Labute approximate surface area is 116 Å². The Morgan fingerprint density at radius 1 is 1.39 bits per heavy atom. The van der Waals surface area contributed by atoms with Gasteiger partial charge < -0.3 is 10.6 Å². The van der Waals surface area contributed by atoms with E-state index >= 15 is 0 Å². The molecule has 0 radical (unpaired) electrons.